The zero-order valence-corrected chi connectivity index (χ0v) is 9.95. The normalized spacial score (nSPS) is 22.1. The van der Waals surface area contributed by atoms with Crippen molar-refractivity contribution in [2.75, 3.05) is 33.4 Å². The molecular formula is C11H22N2O2. The molecule has 1 rings (SSSR count). The van der Waals surface area contributed by atoms with Crippen LogP contribution in [0.5, 0.6) is 0 Å². The maximum Gasteiger partial charge on any atom is 0.248 e. The monoisotopic (exact) mass is 214 g/mol. The molecule has 1 unspecified atom stereocenters. The van der Waals surface area contributed by atoms with E-state index in [9.17, 15) is 4.79 Å². The van der Waals surface area contributed by atoms with Gasteiger partial charge < -0.3 is 15.0 Å². The third-order valence-electron chi connectivity index (χ3n) is 2.63. The Labute approximate surface area is 92.0 Å². The topological polar surface area (TPSA) is 41.6 Å². The van der Waals surface area contributed by atoms with Gasteiger partial charge in [-0.2, -0.15) is 0 Å². The van der Waals surface area contributed by atoms with Crippen molar-refractivity contribution in [1.29, 1.82) is 0 Å². The number of methoxy groups -OCH3 is 1. The number of rotatable bonds is 4. The first-order valence-corrected chi connectivity index (χ1v) is 5.63. The first-order valence-electron chi connectivity index (χ1n) is 5.63. The van der Waals surface area contributed by atoms with Crippen LogP contribution in [0.15, 0.2) is 0 Å². The molecule has 0 radical (unpaired) electrons. The molecule has 1 amide bonds. The lowest BCUT2D eigenvalue weighted by molar-refractivity contribution is -0.136. The van der Waals surface area contributed by atoms with Crippen molar-refractivity contribution >= 4 is 5.91 Å². The first-order chi connectivity index (χ1) is 7.13. The zero-order chi connectivity index (χ0) is 11.3. The van der Waals surface area contributed by atoms with Crippen molar-refractivity contribution in [3.63, 3.8) is 0 Å². The van der Waals surface area contributed by atoms with Crippen molar-refractivity contribution in [2.24, 2.45) is 5.92 Å². The molecule has 0 aromatic heterocycles. The summed E-state index contributed by atoms with van der Waals surface area (Å²) in [4.78, 5) is 13.5. The second kappa shape index (κ2) is 6.08. The molecule has 88 valence electrons. The number of nitrogens with one attached hydrogen (secondary N) is 1. The van der Waals surface area contributed by atoms with Gasteiger partial charge in [0.05, 0.1) is 0 Å². The highest BCUT2D eigenvalue weighted by Crippen LogP contribution is 2.09. The molecule has 0 aromatic rings. The van der Waals surface area contributed by atoms with Gasteiger partial charge in [0.1, 0.15) is 6.61 Å². The fourth-order valence-corrected chi connectivity index (χ4v) is 1.99. The van der Waals surface area contributed by atoms with Crippen LogP contribution in [0.4, 0.5) is 0 Å². The van der Waals surface area contributed by atoms with Gasteiger partial charge in [-0.15, -0.1) is 0 Å². The van der Waals surface area contributed by atoms with Crippen molar-refractivity contribution in [1.82, 2.24) is 10.2 Å². The Bertz CT molecular complexity index is 207. The van der Waals surface area contributed by atoms with Gasteiger partial charge in [-0.3, -0.25) is 4.79 Å². The SMILES string of the molecule is COCC(=O)N1CCNC(CC(C)C)C1. The Morgan fingerprint density at radius 1 is 1.60 bits per heavy atom. The maximum absolute atomic E-state index is 11.6. The molecule has 1 saturated heterocycles. The van der Waals surface area contributed by atoms with Crippen LogP contribution < -0.4 is 5.32 Å². The molecule has 1 aliphatic rings. The highest BCUT2D eigenvalue weighted by atomic mass is 16.5. The van der Waals surface area contributed by atoms with Crippen molar-refractivity contribution in [3.05, 3.63) is 0 Å². The molecule has 1 fully saturated rings. The molecular weight excluding hydrogens is 192 g/mol. The molecule has 15 heavy (non-hydrogen) atoms. The van der Waals surface area contributed by atoms with E-state index >= 15 is 0 Å². The van der Waals surface area contributed by atoms with Crippen LogP contribution in [0.3, 0.4) is 0 Å². The average Bonchev–Trinajstić information content (AvgIpc) is 2.17. The summed E-state index contributed by atoms with van der Waals surface area (Å²) < 4.78 is 4.86. The molecule has 0 spiro atoms. The molecule has 0 aliphatic carbocycles. The van der Waals surface area contributed by atoms with E-state index in [0.29, 0.717) is 12.0 Å². The second-order valence-electron chi connectivity index (χ2n) is 4.55. The summed E-state index contributed by atoms with van der Waals surface area (Å²) >= 11 is 0. The molecule has 4 heteroatoms. The van der Waals surface area contributed by atoms with E-state index in [1.54, 1.807) is 7.11 Å². The zero-order valence-electron chi connectivity index (χ0n) is 9.95. The van der Waals surface area contributed by atoms with Crippen molar-refractivity contribution < 1.29 is 9.53 Å². The second-order valence-corrected chi connectivity index (χ2v) is 4.55. The molecule has 0 aromatic carbocycles. The van der Waals surface area contributed by atoms with Crippen LogP contribution in [-0.4, -0.2) is 50.2 Å². The smallest absolute Gasteiger partial charge is 0.248 e. The maximum atomic E-state index is 11.6. The van der Waals surface area contributed by atoms with E-state index in [0.717, 1.165) is 26.1 Å². The minimum absolute atomic E-state index is 0.104. The quantitative estimate of drug-likeness (QED) is 0.740. The standard InChI is InChI=1S/C11H22N2O2/c1-9(2)6-10-7-13(5-4-12-10)11(14)8-15-3/h9-10,12H,4-8H2,1-3H3. The molecule has 0 bridgehead atoms. The summed E-state index contributed by atoms with van der Waals surface area (Å²) in [5.74, 6) is 0.771. The van der Waals surface area contributed by atoms with E-state index in [1.165, 1.54) is 0 Å². The van der Waals surface area contributed by atoms with Crippen molar-refractivity contribution in [2.45, 2.75) is 26.3 Å². The van der Waals surface area contributed by atoms with Crippen LogP contribution in [0.1, 0.15) is 20.3 Å². The highest BCUT2D eigenvalue weighted by Gasteiger charge is 2.23. The number of hydrogen-bond acceptors (Lipinski definition) is 3. The van der Waals surface area contributed by atoms with Gasteiger partial charge in [-0.1, -0.05) is 13.8 Å². The summed E-state index contributed by atoms with van der Waals surface area (Å²) in [6.07, 6.45) is 1.12. The number of carbonyl (C=O) groups excluding carboxylic acids is 1. The lowest BCUT2D eigenvalue weighted by atomic mass is 10.0. The van der Waals surface area contributed by atoms with Gasteiger partial charge in [0, 0.05) is 32.8 Å². The Hall–Kier alpha value is -0.610. The number of carbonyl (C=O) groups is 1. The van der Waals surface area contributed by atoms with Crippen LogP contribution in [0.25, 0.3) is 0 Å². The molecule has 1 atom stereocenters. The van der Waals surface area contributed by atoms with E-state index in [1.807, 2.05) is 4.90 Å². The van der Waals surface area contributed by atoms with E-state index in [4.69, 9.17) is 4.74 Å². The van der Waals surface area contributed by atoms with E-state index in [-0.39, 0.29) is 12.5 Å². The Kier molecular flexibility index (Phi) is 5.05. The highest BCUT2D eigenvalue weighted by molar-refractivity contribution is 5.77. The van der Waals surface area contributed by atoms with Crippen LogP contribution >= 0.6 is 0 Å². The van der Waals surface area contributed by atoms with Crippen LogP contribution in [0.2, 0.25) is 0 Å². The summed E-state index contributed by atoms with van der Waals surface area (Å²) in [6, 6.07) is 0.444. The van der Waals surface area contributed by atoms with Gasteiger partial charge in [-0.05, 0) is 12.3 Å². The van der Waals surface area contributed by atoms with Crippen LogP contribution in [-0.2, 0) is 9.53 Å². The van der Waals surface area contributed by atoms with Gasteiger partial charge in [0.15, 0.2) is 0 Å². The minimum Gasteiger partial charge on any atom is -0.375 e. The molecule has 1 heterocycles. The van der Waals surface area contributed by atoms with Gasteiger partial charge >= 0.3 is 0 Å². The van der Waals surface area contributed by atoms with Gasteiger partial charge in [0.2, 0.25) is 5.91 Å². The fraction of sp³-hybridized carbons (Fsp3) is 0.909. The molecule has 0 saturated carbocycles. The number of hydrogen-bond donors (Lipinski definition) is 1. The lowest BCUT2D eigenvalue weighted by Crippen LogP contribution is -2.53. The Morgan fingerprint density at radius 2 is 2.33 bits per heavy atom. The average molecular weight is 214 g/mol. The van der Waals surface area contributed by atoms with E-state index < -0.39 is 0 Å². The summed E-state index contributed by atoms with van der Waals surface area (Å²) in [6.45, 7) is 7.13. The largest absolute Gasteiger partial charge is 0.375 e. The van der Waals surface area contributed by atoms with Crippen molar-refractivity contribution in [3.8, 4) is 0 Å². The predicted molar refractivity (Wildman–Crippen MR) is 59.7 cm³/mol. The number of nitrogens with zero attached hydrogens (tertiary/aromatic N) is 1. The third-order valence-corrected chi connectivity index (χ3v) is 2.63. The lowest BCUT2D eigenvalue weighted by Gasteiger charge is -2.34. The van der Waals surface area contributed by atoms with E-state index in [2.05, 4.69) is 19.2 Å². The van der Waals surface area contributed by atoms with Gasteiger partial charge in [0.25, 0.3) is 0 Å². The molecule has 1 N–H and O–H groups in total. The fourth-order valence-electron chi connectivity index (χ4n) is 1.99. The minimum atomic E-state index is 0.104. The molecule has 4 nitrogen and oxygen atoms in total. The number of piperazine rings is 1. The third kappa shape index (κ3) is 4.18. The number of ether oxygens (including phenoxy) is 1. The first kappa shape index (κ1) is 12.5. The predicted octanol–water partition coefficient (Wildman–Crippen LogP) is 0.479. The molecule has 1 aliphatic heterocycles. The van der Waals surface area contributed by atoms with Gasteiger partial charge in [-0.25, -0.2) is 0 Å². The Balaban J connectivity index is 2.38. The number of amides is 1. The van der Waals surface area contributed by atoms with Crippen LogP contribution in [0, 0.1) is 5.92 Å². The summed E-state index contributed by atoms with van der Waals surface area (Å²) in [5.41, 5.74) is 0. The summed E-state index contributed by atoms with van der Waals surface area (Å²) in [7, 11) is 1.56. The Morgan fingerprint density at radius 3 is 2.93 bits per heavy atom. The summed E-state index contributed by atoms with van der Waals surface area (Å²) in [5, 5.41) is 3.44.